The SMILES string of the molecule is CNC1COCC1C(=O)Cc1ccnc2ccccc12. The maximum atomic E-state index is 12.5. The van der Waals surface area contributed by atoms with Crippen molar-refractivity contribution in [1.82, 2.24) is 10.3 Å². The molecule has 4 heteroatoms. The molecule has 0 saturated carbocycles. The number of carbonyl (C=O) groups is 1. The Morgan fingerprint density at radius 1 is 1.35 bits per heavy atom. The van der Waals surface area contributed by atoms with Gasteiger partial charge in [0.15, 0.2) is 0 Å². The number of pyridine rings is 1. The van der Waals surface area contributed by atoms with Crippen molar-refractivity contribution in [3.05, 3.63) is 42.1 Å². The molecule has 3 rings (SSSR count). The normalized spacial score (nSPS) is 22.2. The van der Waals surface area contributed by atoms with Crippen molar-refractivity contribution in [3.8, 4) is 0 Å². The van der Waals surface area contributed by atoms with E-state index in [9.17, 15) is 4.79 Å². The van der Waals surface area contributed by atoms with Crippen LogP contribution in [-0.4, -0.2) is 37.1 Å². The van der Waals surface area contributed by atoms with Crippen LogP contribution in [0.4, 0.5) is 0 Å². The Bertz CT molecular complexity index is 621. The zero-order valence-corrected chi connectivity index (χ0v) is 11.5. The third-order valence-electron chi connectivity index (χ3n) is 3.97. The number of fused-ring (bicyclic) bond motifs is 1. The molecular weight excluding hydrogens is 252 g/mol. The highest BCUT2D eigenvalue weighted by Gasteiger charge is 2.32. The number of para-hydroxylation sites is 1. The summed E-state index contributed by atoms with van der Waals surface area (Å²) in [5, 5.41) is 4.22. The quantitative estimate of drug-likeness (QED) is 0.916. The molecule has 0 aliphatic carbocycles. The summed E-state index contributed by atoms with van der Waals surface area (Å²) in [5.74, 6) is 0.185. The Labute approximate surface area is 118 Å². The number of carbonyl (C=O) groups excluding carboxylic acids is 1. The molecule has 2 atom stereocenters. The van der Waals surface area contributed by atoms with Crippen molar-refractivity contribution in [3.63, 3.8) is 0 Å². The minimum atomic E-state index is -0.0491. The van der Waals surface area contributed by atoms with Crippen molar-refractivity contribution < 1.29 is 9.53 Å². The Morgan fingerprint density at radius 2 is 2.20 bits per heavy atom. The van der Waals surface area contributed by atoms with Crippen LogP contribution in [0.25, 0.3) is 10.9 Å². The van der Waals surface area contributed by atoms with Crippen LogP contribution in [-0.2, 0) is 16.0 Å². The van der Waals surface area contributed by atoms with Gasteiger partial charge in [-0.3, -0.25) is 9.78 Å². The number of hydrogen-bond acceptors (Lipinski definition) is 4. The van der Waals surface area contributed by atoms with Gasteiger partial charge in [-0.25, -0.2) is 0 Å². The minimum absolute atomic E-state index is 0.0491. The van der Waals surface area contributed by atoms with E-state index in [0.717, 1.165) is 16.5 Å². The number of ether oxygens (including phenoxy) is 1. The van der Waals surface area contributed by atoms with Crippen molar-refractivity contribution in [2.24, 2.45) is 5.92 Å². The number of likely N-dealkylation sites (N-methyl/N-ethyl adjacent to an activating group) is 1. The summed E-state index contributed by atoms with van der Waals surface area (Å²) in [4.78, 5) is 16.8. The van der Waals surface area contributed by atoms with E-state index >= 15 is 0 Å². The summed E-state index contributed by atoms with van der Waals surface area (Å²) in [6.07, 6.45) is 2.21. The van der Waals surface area contributed by atoms with Gasteiger partial charge in [0.25, 0.3) is 0 Å². The van der Waals surface area contributed by atoms with Crippen LogP contribution < -0.4 is 5.32 Å². The molecule has 1 aliphatic rings. The topological polar surface area (TPSA) is 51.2 Å². The lowest BCUT2D eigenvalue weighted by atomic mass is 9.93. The number of benzene rings is 1. The van der Waals surface area contributed by atoms with E-state index in [1.807, 2.05) is 37.4 Å². The van der Waals surface area contributed by atoms with E-state index in [1.54, 1.807) is 6.20 Å². The molecule has 1 aromatic carbocycles. The smallest absolute Gasteiger partial charge is 0.144 e. The van der Waals surface area contributed by atoms with Crippen LogP contribution in [0.2, 0.25) is 0 Å². The predicted octanol–water partition coefficient (Wildman–Crippen LogP) is 1.58. The fourth-order valence-corrected chi connectivity index (χ4v) is 2.78. The average molecular weight is 270 g/mol. The van der Waals surface area contributed by atoms with Gasteiger partial charge in [-0.2, -0.15) is 0 Å². The summed E-state index contributed by atoms with van der Waals surface area (Å²) in [6, 6.07) is 10.0. The molecule has 0 radical (unpaired) electrons. The van der Waals surface area contributed by atoms with Crippen molar-refractivity contribution in [2.75, 3.05) is 20.3 Å². The molecule has 1 aliphatic heterocycles. The molecule has 20 heavy (non-hydrogen) atoms. The van der Waals surface area contributed by atoms with Crippen LogP contribution >= 0.6 is 0 Å². The highest BCUT2D eigenvalue weighted by atomic mass is 16.5. The molecule has 2 heterocycles. The summed E-state index contributed by atoms with van der Waals surface area (Å²) in [6.45, 7) is 1.14. The zero-order chi connectivity index (χ0) is 13.9. The second-order valence-corrected chi connectivity index (χ2v) is 5.17. The van der Waals surface area contributed by atoms with Crippen LogP contribution in [0.1, 0.15) is 5.56 Å². The van der Waals surface area contributed by atoms with Crippen LogP contribution in [0.15, 0.2) is 36.5 Å². The second kappa shape index (κ2) is 5.69. The molecule has 0 bridgehead atoms. The van der Waals surface area contributed by atoms with E-state index in [2.05, 4.69) is 10.3 Å². The van der Waals surface area contributed by atoms with Gasteiger partial charge in [-0.1, -0.05) is 18.2 Å². The molecule has 1 N–H and O–H groups in total. The average Bonchev–Trinajstić information content (AvgIpc) is 2.96. The second-order valence-electron chi connectivity index (χ2n) is 5.17. The number of ketones is 1. The molecular formula is C16H18N2O2. The van der Waals surface area contributed by atoms with Gasteiger partial charge in [0, 0.05) is 24.0 Å². The van der Waals surface area contributed by atoms with E-state index in [1.165, 1.54) is 0 Å². The molecule has 1 aromatic heterocycles. The fourth-order valence-electron chi connectivity index (χ4n) is 2.78. The summed E-state index contributed by atoms with van der Waals surface area (Å²) in [7, 11) is 1.88. The van der Waals surface area contributed by atoms with Crippen molar-refractivity contribution in [1.29, 1.82) is 0 Å². The van der Waals surface area contributed by atoms with Gasteiger partial charge in [-0.05, 0) is 24.7 Å². The van der Waals surface area contributed by atoms with Gasteiger partial charge in [-0.15, -0.1) is 0 Å². The number of Topliss-reactive ketones (excluding diaryl/α,β-unsaturated/α-hetero) is 1. The van der Waals surface area contributed by atoms with E-state index in [0.29, 0.717) is 19.6 Å². The Hall–Kier alpha value is -1.78. The summed E-state index contributed by atoms with van der Waals surface area (Å²) < 4.78 is 5.41. The minimum Gasteiger partial charge on any atom is -0.379 e. The zero-order valence-electron chi connectivity index (χ0n) is 11.5. The highest BCUT2D eigenvalue weighted by Crippen LogP contribution is 2.21. The predicted molar refractivity (Wildman–Crippen MR) is 77.6 cm³/mol. The van der Waals surface area contributed by atoms with Crippen molar-refractivity contribution in [2.45, 2.75) is 12.5 Å². The largest absolute Gasteiger partial charge is 0.379 e. The van der Waals surface area contributed by atoms with Gasteiger partial charge in [0.1, 0.15) is 5.78 Å². The molecule has 0 amide bonds. The fraction of sp³-hybridized carbons (Fsp3) is 0.375. The van der Waals surface area contributed by atoms with E-state index in [4.69, 9.17) is 4.74 Å². The lowest BCUT2D eigenvalue weighted by molar-refractivity contribution is -0.122. The van der Waals surface area contributed by atoms with Gasteiger partial charge < -0.3 is 10.1 Å². The third kappa shape index (κ3) is 2.44. The van der Waals surface area contributed by atoms with E-state index < -0.39 is 0 Å². The van der Waals surface area contributed by atoms with Crippen molar-refractivity contribution >= 4 is 16.7 Å². The number of hydrogen-bond donors (Lipinski definition) is 1. The molecule has 0 spiro atoms. The highest BCUT2D eigenvalue weighted by molar-refractivity contribution is 5.90. The van der Waals surface area contributed by atoms with Crippen LogP contribution in [0.5, 0.6) is 0 Å². The summed E-state index contributed by atoms with van der Waals surface area (Å²) in [5.41, 5.74) is 1.98. The number of aromatic nitrogens is 1. The van der Waals surface area contributed by atoms with Crippen LogP contribution in [0.3, 0.4) is 0 Å². The van der Waals surface area contributed by atoms with Gasteiger partial charge in [0.05, 0.1) is 24.6 Å². The third-order valence-corrected chi connectivity index (χ3v) is 3.97. The molecule has 1 fully saturated rings. The Kier molecular flexibility index (Phi) is 3.76. The first-order valence-electron chi connectivity index (χ1n) is 6.90. The lowest BCUT2D eigenvalue weighted by Gasteiger charge is -2.16. The number of nitrogens with one attached hydrogen (secondary N) is 1. The number of rotatable bonds is 4. The first kappa shape index (κ1) is 13.2. The molecule has 2 aromatic rings. The first-order chi connectivity index (χ1) is 9.79. The molecule has 104 valence electrons. The van der Waals surface area contributed by atoms with E-state index in [-0.39, 0.29) is 17.7 Å². The molecule has 1 saturated heterocycles. The number of nitrogens with zero attached hydrogens (tertiary/aromatic N) is 1. The maximum Gasteiger partial charge on any atom is 0.144 e. The standard InChI is InChI=1S/C16H18N2O2/c1-17-15-10-20-9-13(15)16(19)8-11-6-7-18-14-5-3-2-4-12(11)14/h2-7,13,15,17H,8-10H2,1H3. The lowest BCUT2D eigenvalue weighted by Crippen LogP contribution is -2.37. The first-order valence-corrected chi connectivity index (χ1v) is 6.90. The summed E-state index contributed by atoms with van der Waals surface area (Å²) >= 11 is 0. The molecule has 4 nitrogen and oxygen atoms in total. The van der Waals surface area contributed by atoms with Gasteiger partial charge >= 0.3 is 0 Å². The van der Waals surface area contributed by atoms with Gasteiger partial charge in [0.2, 0.25) is 0 Å². The Morgan fingerprint density at radius 3 is 3.05 bits per heavy atom. The van der Waals surface area contributed by atoms with Crippen LogP contribution in [0, 0.1) is 5.92 Å². The molecule has 2 unspecified atom stereocenters. The monoisotopic (exact) mass is 270 g/mol. The Balaban J connectivity index is 1.84. The maximum absolute atomic E-state index is 12.5.